The average molecular weight is 436 g/mol. The summed E-state index contributed by atoms with van der Waals surface area (Å²) >= 11 is 0. The topological polar surface area (TPSA) is 113 Å². The van der Waals surface area contributed by atoms with Crippen molar-refractivity contribution in [1.82, 2.24) is 20.3 Å². The fourth-order valence-corrected chi connectivity index (χ4v) is 2.87. The molecule has 0 aliphatic rings. The fourth-order valence-electron chi connectivity index (χ4n) is 2.87. The van der Waals surface area contributed by atoms with Crippen molar-refractivity contribution in [2.45, 2.75) is 26.8 Å². The first-order valence-corrected chi connectivity index (χ1v) is 10.4. The maximum Gasteiger partial charge on any atom is 0.253 e. The standard InChI is InChI=1S/C23H29N7O2/c1-15(2)27-22(31)18-7-5-6-8-19(18)29-21-16(3)13-26-23(30-21)28-17-9-10-20(25-14-17)24-11-12-32-4/h5-10,13-15H,11-12H2,1-4H3,(H,24,25)(H,27,31)(H2,26,28,29,30). The lowest BCUT2D eigenvalue weighted by molar-refractivity contribution is 0.0944. The van der Waals surface area contributed by atoms with Crippen LogP contribution in [0.4, 0.5) is 29.0 Å². The number of amides is 1. The molecule has 3 rings (SSSR count). The zero-order valence-electron chi connectivity index (χ0n) is 18.8. The van der Waals surface area contributed by atoms with E-state index in [1.54, 1.807) is 25.6 Å². The van der Waals surface area contributed by atoms with E-state index in [0.717, 1.165) is 17.1 Å². The number of para-hydroxylation sites is 1. The molecule has 0 aliphatic carbocycles. The lowest BCUT2D eigenvalue weighted by atomic mass is 10.1. The van der Waals surface area contributed by atoms with Crippen molar-refractivity contribution in [3.05, 3.63) is 59.9 Å². The third-order valence-corrected chi connectivity index (χ3v) is 4.45. The number of rotatable bonds is 10. The zero-order chi connectivity index (χ0) is 22.9. The Morgan fingerprint density at radius 3 is 2.59 bits per heavy atom. The monoisotopic (exact) mass is 435 g/mol. The number of aromatic nitrogens is 3. The molecule has 0 fully saturated rings. The molecule has 0 radical (unpaired) electrons. The summed E-state index contributed by atoms with van der Waals surface area (Å²) in [5, 5.41) is 12.5. The Labute approximate surface area is 188 Å². The molecule has 0 saturated carbocycles. The Balaban J connectivity index is 1.74. The van der Waals surface area contributed by atoms with Gasteiger partial charge in [-0.25, -0.2) is 9.97 Å². The van der Waals surface area contributed by atoms with Crippen LogP contribution >= 0.6 is 0 Å². The molecule has 3 aromatic rings. The number of carbonyl (C=O) groups is 1. The molecule has 0 atom stereocenters. The Kier molecular flexibility index (Phi) is 7.93. The molecule has 0 unspecified atom stereocenters. The third kappa shape index (κ3) is 6.39. The van der Waals surface area contributed by atoms with Crippen molar-refractivity contribution < 1.29 is 9.53 Å². The van der Waals surface area contributed by atoms with Gasteiger partial charge >= 0.3 is 0 Å². The molecule has 9 nitrogen and oxygen atoms in total. The van der Waals surface area contributed by atoms with Gasteiger partial charge in [-0.3, -0.25) is 4.79 Å². The Morgan fingerprint density at radius 1 is 1.06 bits per heavy atom. The van der Waals surface area contributed by atoms with Crippen molar-refractivity contribution in [3.8, 4) is 0 Å². The molecule has 2 heterocycles. The van der Waals surface area contributed by atoms with Gasteiger partial charge in [-0.2, -0.15) is 4.98 Å². The number of nitrogens with one attached hydrogen (secondary N) is 4. The summed E-state index contributed by atoms with van der Waals surface area (Å²) in [6, 6.07) is 11.1. The number of benzene rings is 1. The Bertz CT molecular complexity index is 1040. The summed E-state index contributed by atoms with van der Waals surface area (Å²) in [6.45, 7) is 7.06. The highest BCUT2D eigenvalue weighted by Crippen LogP contribution is 2.24. The first-order valence-electron chi connectivity index (χ1n) is 10.4. The van der Waals surface area contributed by atoms with Gasteiger partial charge in [0.25, 0.3) is 5.91 Å². The second kappa shape index (κ2) is 11.1. The number of hydrogen-bond donors (Lipinski definition) is 4. The van der Waals surface area contributed by atoms with E-state index in [4.69, 9.17) is 4.74 Å². The van der Waals surface area contributed by atoms with Crippen molar-refractivity contribution in [3.63, 3.8) is 0 Å². The molecule has 4 N–H and O–H groups in total. The van der Waals surface area contributed by atoms with E-state index in [2.05, 4.69) is 36.2 Å². The van der Waals surface area contributed by atoms with Crippen molar-refractivity contribution in [2.24, 2.45) is 0 Å². The van der Waals surface area contributed by atoms with Crippen LogP contribution in [-0.4, -0.2) is 47.2 Å². The molecule has 2 aromatic heterocycles. The summed E-state index contributed by atoms with van der Waals surface area (Å²) in [4.78, 5) is 25.9. The Morgan fingerprint density at radius 2 is 1.88 bits per heavy atom. The molecule has 1 amide bonds. The smallest absolute Gasteiger partial charge is 0.253 e. The van der Waals surface area contributed by atoms with E-state index in [1.165, 1.54) is 0 Å². The van der Waals surface area contributed by atoms with Gasteiger partial charge in [0.05, 0.1) is 29.7 Å². The normalized spacial score (nSPS) is 10.7. The third-order valence-electron chi connectivity index (χ3n) is 4.45. The SMILES string of the molecule is COCCNc1ccc(Nc2ncc(C)c(Nc3ccccc3C(=O)NC(C)C)n2)cn1. The molecule has 0 aliphatic heterocycles. The van der Waals surface area contributed by atoms with Crippen LogP contribution in [0.3, 0.4) is 0 Å². The summed E-state index contributed by atoms with van der Waals surface area (Å²) in [5.41, 5.74) is 2.83. The van der Waals surface area contributed by atoms with E-state index in [1.807, 2.05) is 51.1 Å². The zero-order valence-corrected chi connectivity index (χ0v) is 18.8. The largest absolute Gasteiger partial charge is 0.383 e. The maximum absolute atomic E-state index is 12.6. The van der Waals surface area contributed by atoms with Crippen LogP contribution in [0.1, 0.15) is 29.8 Å². The maximum atomic E-state index is 12.6. The molecule has 0 saturated heterocycles. The summed E-state index contributed by atoms with van der Waals surface area (Å²) in [5.74, 6) is 1.65. The summed E-state index contributed by atoms with van der Waals surface area (Å²) < 4.78 is 5.02. The van der Waals surface area contributed by atoms with E-state index in [-0.39, 0.29) is 11.9 Å². The van der Waals surface area contributed by atoms with Gasteiger partial charge in [-0.1, -0.05) is 12.1 Å². The lowest BCUT2D eigenvalue weighted by Gasteiger charge is -2.15. The van der Waals surface area contributed by atoms with Crippen molar-refractivity contribution >= 4 is 34.9 Å². The van der Waals surface area contributed by atoms with Crippen LogP contribution in [0.15, 0.2) is 48.8 Å². The summed E-state index contributed by atoms with van der Waals surface area (Å²) in [7, 11) is 1.66. The molecule has 9 heteroatoms. The van der Waals surface area contributed by atoms with E-state index >= 15 is 0 Å². The minimum atomic E-state index is -0.140. The van der Waals surface area contributed by atoms with Crippen LogP contribution in [-0.2, 0) is 4.74 Å². The van der Waals surface area contributed by atoms with Crippen molar-refractivity contribution in [2.75, 3.05) is 36.2 Å². The molecule has 0 spiro atoms. The van der Waals surface area contributed by atoms with Crippen LogP contribution < -0.4 is 21.3 Å². The number of methoxy groups -OCH3 is 1. The molecule has 32 heavy (non-hydrogen) atoms. The van der Waals surface area contributed by atoms with Crippen LogP contribution in [0, 0.1) is 6.92 Å². The Hall–Kier alpha value is -3.72. The van der Waals surface area contributed by atoms with Crippen LogP contribution in [0.5, 0.6) is 0 Å². The summed E-state index contributed by atoms with van der Waals surface area (Å²) in [6.07, 6.45) is 3.43. The minimum absolute atomic E-state index is 0.0438. The predicted octanol–water partition coefficient (Wildman–Crippen LogP) is 3.86. The highest BCUT2D eigenvalue weighted by atomic mass is 16.5. The quantitative estimate of drug-likeness (QED) is 0.355. The number of nitrogens with zero attached hydrogens (tertiary/aromatic N) is 3. The lowest BCUT2D eigenvalue weighted by Crippen LogP contribution is -2.30. The van der Waals surface area contributed by atoms with Crippen LogP contribution in [0.25, 0.3) is 0 Å². The van der Waals surface area contributed by atoms with Gasteiger partial charge in [0.2, 0.25) is 5.95 Å². The van der Waals surface area contributed by atoms with E-state index < -0.39 is 0 Å². The first-order chi connectivity index (χ1) is 15.5. The van der Waals surface area contributed by atoms with Gasteiger partial charge in [0.15, 0.2) is 0 Å². The van der Waals surface area contributed by atoms with Gasteiger partial charge in [-0.05, 0) is 45.0 Å². The number of carbonyl (C=O) groups excluding carboxylic acids is 1. The van der Waals surface area contributed by atoms with Crippen molar-refractivity contribution in [1.29, 1.82) is 0 Å². The highest BCUT2D eigenvalue weighted by molar-refractivity contribution is 6.00. The highest BCUT2D eigenvalue weighted by Gasteiger charge is 2.14. The van der Waals surface area contributed by atoms with E-state index in [9.17, 15) is 4.79 Å². The first kappa shape index (κ1) is 23.0. The molecule has 0 bridgehead atoms. The predicted molar refractivity (Wildman–Crippen MR) is 127 cm³/mol. The van der Waals surface area contributed by atoms with Gasteiger partial charge in [0.1, 0.15) is 11.6 Å². The number of pyridine rings is 1. The molecular formula is C23H29N7O2. The number of anilines is 5. The number of ether oxygens (including phenoxy) is 1. The van der Waals surface area contributed by atoms with E-state index in [0.29, 0.717) is 36.2 Å². The van der Waals surface area contributed by atoms with Gasteiger partial charge in [-0.15, -0.1) is 0 Å². The van der Waals surface area contributed by atoms with Gasteiger partial charge in [0, 0.05) is 31.5 Å². The minimum Gasteiger partial charge on any atom is -0.383 e. The van der Waals surface area contributed by atoms with Crippen LogP contribution in [0.2, 0.25) is 0 Å². The average Bonchev–Trinajstić information content (AvgIpc) is 2.77. The van der Waals surface area contributed by atoms with Gasteiger partial charge < -0.3 is 26.0 Å². The molecule has 168 valence electrons. The molecular weight excluding hydrogens is 406 g/mol. The number of aryl methyl sites for hydroxylation is 1. The fraction of sp³-hybridized carbons (Fsp3) is 0.304. The molecule has 1 aromatic carbocycles. The second-order valence-corrected chi connectivity index (χ2v) is 7.50. The number of hydrogen-bond acceptors (Lipinski definition) is 8. The second-order valence-electron chi connectivity index (χ2n) is 7.50.